The molecule has 1 aliphatic heterocycles. The Kier molecular flexibility index (Phi) is 8.32. The van der Waals surface area contributed by atoms with Gasteiger partial charge in [0.05, 0.1) is 18.8 Å². The summed E-state index contributed by atoms with van der Waals surface area (Å²) in [5.74, 6) is -2.67. The molecular weight excluding hydrogens is 574 g/mol. The van der Waals surface area contributed by atoms with E-state index in [1.165, 1.54) is 0 Å². The topological polar surface area (TPSA) is 133 Å². The minimum Gasteiger partial charge on any atom is -0.475 e. The summed E-state index contributed by atoms with van der Waals surface area (Å²) in [5, 5.41) is 8.84. The molecule has 0 N–H and O–H groups in total. The fourth-order valence-corrected chi connectivity index (χ4v) is 3.55. The first kappa shape index (κ1) is 30.7. The SMILES string of the molecule is Cc1cc(S(F)(F)(F)(F)F)cc2c1OC(C(F)(F)F)C(C(=O)OCOC(=O)OCCOCCO[N+](=O)[O-])=C2. The van der Waals surface area contributed by atoms with Gasteiger partial charge in [0.1, 0.15) is 23.9 Å². The van der Waals surface area contributed by atoms with E-state index in [1.54, 1.807) is 0 Å². The predicted molar refractivity (Wildman–Crippen MR) is 108 cm³/mol. The second-order valence-electron chi connectivity index (χ2n) is 7.23. The molecular formula is C18H17F8NO10S. The van der Waals surface area contributed by atoms with Crippen LogP contribution in [0.3, 0.4) is 0 Å². The fraction of sp³-hybridized carbons (Fsp3) is 0.444. The molecule has 216 valence electrons. The van der Waals surface area contributed by atoms with Crippen LogP contribution in [0.25, 0.3) is 6.08 Å². The molecule has 0 spiro atoms. The summed E-state index contributed by atoms with van der Waals surface area (Å²) in [7, 11) is -10.2. The molecule has 0 saturated heterocycles. The van der Waals surface area contributed by atoms with Crippen molar-refractivity contribution in [2.45, 2.75) is 24.1 Å². The Balaban J connectivity index is 2.06. The van der Waals surface area contributed by atoms with Crippen molar-refractivity contribution in [1.82, 2.24) is 0 Å². The number of ether oxygens (including phenoxy) is 5. The quantitative estimate of drug-likeness (QED) is 0.0841. The van der Waals surface area contributed by atoms with E-state index in [4.69, 9.17) is 4.74 Å². The second-order valence-corrected chi connectivity index (χ2v) is 9.64. The highest BCUT2D eigenvalue weighted by Gasteiger charge is 2.65. The number of benzene rings is 1. The van der Waals surface area contributed by atoms with Crippen molar-refractivity contribution in [2.75, 3.05) is 33.2 Å². The van der Waals surface area contributed by atoms with E-state index < -0.39 is 87.1 Å². The Bertz CT molecular complexity index is 1120. The molecule has 1 aromatic rings. The summed E-state index contributed by atoms with van der Waals surface area (Å²) < 4.78 is 129. The van der Waals surface area contributed by atoms with Crippen LogP contribution in [0.2, 0.25) is 0 Å². The number of hydrogen-bond donors (Lipinski definition) is 0. The van der Waals surface area contributed by atoms with Crippen LogP contribution in [0.5, 0.6) is 5.75 Å². The zero-order chi connectivity index (χ0) is 29.0. The van der Waals surface area contributed by atoms with Gasteiger partial charge < -0.3 is 28.5 Å². The Morgan fingerprint density at radius 1 is 1.03 bits per heavy atom. The van der Waals surface area contributed by atoms with E-state index in [2.05, 4.69) is 23.8 Å². The van der Waals surface area contributed by atoms with Crippen LogP contribution in [0, 0.1) is 17.0 Å². The Morgan fingerprint density at radius 2 is 1.66 bits per heavy atom. The number of aryl methyl sites for hydroxylation is 1. The van der Waals surface area contributed by atoms with Crippen LogP contribution in [0.4, 0.5) is 37.4 Å². The van der Waals surface area contributed by atoms with Gasteiger partial charge in [-0.05, 0) is 30.7 Å². The molecule has 0 bridgehead atoms. The molecule has 0 saturated carbocycles. The van der Waals surface area contributed by atoms with E-state index in [-0.39, 0.29) is 31.4 Å². The van der Waals surface area contributed by atoms with Crippen molar-refractivity contribution in [2.24, 2.45) is 0 Å². The minimum absolute atomic E-state index is 0.0736. The molecule has 38 heavy (non-hydrogen) atoms. The van der Waals surface area contributed by atoms with Gasteiger partial charge in [0.15, 0.2) is 0 Å². The van der Waals surface area contributed by atoms with E-state index >= 15 is 0 Å². The number of alkyl halides is 3. The molecule has 11 nitrogen and oxygen atoms in total. The number of carbonyl (C=O) groups is 2. The van der Waals surface area contributed by atoms with Gasteiger partial charge in [-0.2, -0.15) is 13.2 Å². The number of carbonyl (C=O) groups excluding carboxylic acids is 2. The molecule has 0 amide bonds. The lowest BCUT2D eigenvalue weighted by Gasteiger charge is -2.41. The van der Waals surface area contributed by atoms with Gasteiger partial charge in [-0.1, -0.05) is 19.4 Å². The predicted octanol–water partition coefficient (Wildman–Crippen LogP) is 5.24. The van der Waals surface area contributed by atoms with Crippen molar-refractivity contribution < 1.29 is 75.8 Å². The molecule has 1 aromatic carbocycles. The summed E-state index contributed by atoms with van der Waals surface area (Å²) in [6.07, 6.45) is -9.57. The molecule has 1 unspecified atom stereocenters. The standard InChI is InChI=1S/C18H17F8NO10S/c1-10-6-12(38(22,23,24,25)26)7-11-8-13(15(18(19,20)21)37-14(10)11)16(28)34-9-35-17(29)33-4-2-32-3-5-36-27(30)31/h6-8,15H,2-5,9H2,1H3. The van der Waals surface area contributed by atoms with Crippen molar-refractivity contribution in [3.05, 3.63) is 38.9 Å². The minimum atomic E-state index is -10.2. The number of halogens is 8. The van der Waals surface area contributed by atoms with Gasteiger partial charge in [-0.3, -0.25) is 0 Å². The van der Waals surface area contributed by atoms with Crippen LogP contribution >= 0.6 is 10.2 Å². The van der Waals surface area contributed by atoms with Gasteiger partial charge in [0.2, 0.25) is 12.9 Å². The molecule has 0 aliphatic carbocycles. The first-order chi connectivity index (χ1) is 17.2. The van der Waals surface area contributed by atoms with Crippen LogP contribution in [0.15, 0.2) is 22.6 Å². The van der Waals surface area contributed by atoms with E-state index in [1.807, 2.05) is 0 Å². The van der Waals surface area contributed by atoms with Gasteiger partial charge in [0, 0.05) is 5.56 Å². The van der Waals surface area contributed by atoms with Gasteiger partial charge in [-0.15, -0.1) is 10.1 Å². The third-order valence-electron chi connectivity index (χ3n) is 4.32. The third-order valence-corrected chi connectivity index (χ3v) is 5.45. The lowest BCUT2D eigenvalue weighted by atomic mass is 9.99. The molecule has 1 atom stereocenters. The molecule has 0 fully saturated rings. The Morgan fingerprint density at radius 3 is 2.24 bits per heavy atom. The van der Waals surface area contributed by atoms with E-state index in [9.17, 15) is 52.3 Å². The first-order valence-corrected chi connectivity index (χ1v) is 11.8. The van der Waals surface area contributed by atoms with Crippen molar-refractivity contribution in [1.29, 1.82) is 0 Å². The van der Waals surface area contributed by atoms with Gasteiger partial charge in [-0.25, -0.2) is 9.59 Å². The summed E-state index contributed by atoms with van der Waals surface area (Å²) in [5.41, 5.74) is -3.01. The highest BCUT2D eigenvalue weighted by molar-refractivity contribution is 8.45. The zero-order valence-electron chi connectivity index (χ0n) is 18.8. The summed E-state index contributed by atoms with van der Waals surface area (Å²) in [6, 6.07) is -0.237. The Hall–Kier alpha value is -3.55. The monoisotopic (exact) mass is 591 g/mol. The summed E-state index contributed by atoms with van der Waals surface area (Å²) in [4.78, 5) is 35.0. The molecule has 20 heteroatoms. The molecule has 1 heterocycles. The number of rotatable bonds is 11. The van der Waals surface area contributed by atoms with Crippen LogP contribution in [-0.4, -0.2) is 62.7 Å². The maximum absolute atomic E-state index is 13.5. The molecule has 0 aromatic heterocycles. The van der Waals surface area contributed by atoms with Crippen LogP contribution < -0.4 is 4.74 Å². The van der Waals surface area contributed by atoms with Gasteiger partial charge in [0.25, 0.3) is 5.09 Å². The van der Waals surface area contributed by atoms with E-state index in [0.29, 0.717) is 0 Å². The molecule has 1 aliphatic rings. The molecule has 2 rings (SSSR count). The van der Waals surface area contributed by atoms with Crippen LogP contribution in [-0.2, 0) is 28.6 Å². The van der Waals surface area contributed by atoms with Crippen molar-refractivity contribution >= 4 is 28.4 Å². The zero-order valence-corrected chi connectivity index (χ0v) is 19.6. The average Bonchev–Trinajstić information content (AvgIpc) is 2.75. The smallest absolute Gasteiger partial charge is 0.475 e. The Labute approximate surface area is 207 Å². The third kappa shape index (κ3) is 8.78. The second kappa shape index (κ2) is 10.3. The largest absolute Gasteiger partial charge is 0.511 e. The lowest BCUT2D eigenvalue weighted by Crippen LogP contribution is -2.41. The number of fused-ring (bicyclic) bond motifs is 1. The normalized spacial score (nSPS) is 17.1. The van der Waals surface area contributed by atoms with Gasteiger partial charge >= 0.3 is 28.5 Å². The first-order valence-electron chi connectivity index (χ1n) is 9.84. The number of hydrogen-bond acceptors (Lipinski definition) is 10. The fourth-order valence-electron chi connectivity index (χ4n) is 2.80. The number of esters is 1. The highest BCUT2D eigenvalue weighted by atomic mass is 32.5. The van der Waals surface area contributed by atoms with Crippen molar-refractivity contribution in [3.8, 4) is 5.75 Å². The van der Waals surface area contributed by atoms with E-state index in [0.717, 1.165) is 6.92 Å². The summed E-state index contributed by atoms with van der Waals surface area (Å²) >= 11 is 0. The van der Waals surface area contributed by atoms with Crippen LogP contribution in [0.1, 0.15) is 11.1 Å². The van der Waals surface area contributed by atoms with Crippen molar-refractivity contribution in [3.63, 3.8) is 0 Å². The highest BCUT2D eigenvalue weighted by Crippen LogP contribution is 3.02. The average molecular weight is 591 g/mol. The number of nitrogens with zero attached hydrogens (tertiary/aromatic N) is 1. The summed E-state index contributed by atoms with van der Waals surface area (Å²) in [6.45, 7) is -1.87. The maximum Gasteiger partial charge on any atom is 0.511 e. The maximum atomic E-state index is 13.5. The lowest BCUT2D eigenvalue weighted by molar-refractivity contribution is -0.758. The molecule has 0 radical (unpaired) electrons.